The number of hydrogen-bond acceptors (Lipinski definition) is 3. The molecule has 0 spiro atoms. The van der Waals surface area contributed by atoms with Gasteiger partial charge in [-0.25, -0.2) is 0 Å². The molecule has 0 aromatic rings. The van der Waals surface area contributed by atoms with Gasteiger partial charge in [0.2, 0.25) is 0 Å². The maximum absolute atomic E-state index is 5.49. The summed E-state index contributed by atoms with van der Waals surface area (Å²) in [6.45, 7) is 7.58. The maximum atomic E-state index is 5.49. The van der Waals surface area contributed by atoms with Gasteiger partial charge in [-0.15, -0.1) is 0 Å². The third kappa shape index (κ3) is 6.39. The van der Waals surface area contributed by atoms with Gasteiger partial charge < -0.3 is 15.0 Å². The molecule has 2 atom stereocenters. The van der Waals surface area contributed by atoms with Crippen molar-refractivity contribution >= 4 is 0 Å². The van der Waals surface area contributed by atoms with E-state index in [2.05, 4.69) is 38.2 Å². The molecular weight excluding hydrogens is 212 g/mol. The molecule has 17 heavy (non-hydrogen) atoms. The second-order valence-electron chi connectivity index (χ2n) is 5.90. The highest BCUT2D eigenvalue weighted by Gasteiger charge is 2.17. The molecule has 1 rings (SSSR count). The van der Waals surface area contributed by atoms with E-state index < -0.39 is 0 Å². The molecule has 0 radical (unpaired) electrons. The Labute approximate surface area is 107 Å². The zero-order chi connectivity index (χ0) is 12.7. The van der Waals surface area contributed by atoms with Crippen molar-refractivity contribution in [2.75, 3.05) is 33.9 Å². The van der Waals surface area contributed by atoms with Crippen LogP contribution in [-0.4, -0.2) is 50.8 Å². The number of rotatable bonds is 6. The number of hydrogen-bond donors (Lipinski definition) is 1. The fourth-order valence-corrected chi connectivity index (χ4v) is 2.43. The molecule has 0 saturated carbocycles. The molecule has 1 aliphatic heterocycles. The SMILES string of the molecule is CC(C)CC(CNC1CCCOCC1)N(C)C. The summed E-state index contributed by atoms with van der Waals surface area (Å²) < 4.78 is 5.49. The van der Waals surface area contributed by atoms with Crippen LogP contribution >= 0.6 is 0 Å². The van der Waals surface area contributed by atoms with Crippen LogP contribution in [0, 0.1) is 5.92 Å². The Kier molecular flexibility index (Phi) is 7.09. The molecule has 1 aliphatic rings. The highest BCUT2D eigenvalue weighted by molar-refractivity contribution is 4.76. The fraction of sp³-hybridized carbons (Fsp3) is 1.00. The topological polar surface area (TPSA) is 24.5 Å². The molecule has 0 aliphatic carbocycles. The van der Waals surface area contributed by atoms with Gasteiger partial charge in [-0.05, 0) is 45.7 Å². The van der Waals surface area contributed by atoms with E-state index in [-0.39, 0.29) is 0 Å². The molecule has 0 aromatic heterocycles. The largest absolute Gasteiger partial charge is 0.381 e. The Balaban J connectivity index is 2.29. The predicted molar refractivity (Wildman–Crippen MR) is 73.4 cm³/mol. The third-order valence-corrected chi connectivity index (χ3v) is 3.57. The van der Waals surface area contributed by atoms with Crippen LogP contribution in [0.1, 0.15) is 39.5 Å². The first-order valence-electron chi connectivity index (χ1n) is 7.07. The average molecular weight is 242 g/mol. The van der Waals surface area contributed by atoms with Crippen LogP contribution in [0.25, 0.3) is 0 Å². The molecule has 1 heterocycles. The van der Waals surface area contributed by atoms with Gasteiger partial charge in [-0.3, -0.25) is 0 Å². The molecule has 0 aromatic carbocycles. The summed E-state index contributed by atoms with van der Waals surface area (Å²) in [4.78, 5) is 2.35. The summed E-state index contributed by atoms with van der Waals surface area (Å²) in [7, 11) is 4.37. The molecule has 1 saturated heterocycles. The van der Waals surface area contributed by atoms with Gasteiger partial charge in [0.15, 0.2) is 0 Å². The summed E-state index contributed by atoms with van der Waals surface area (Å²) in [6.07, 6.45) is 4.90. The van der Waals surface area contributed by atoms with Crippen molar-refractivity contribution in [3.05, 3.63) is 0 Å². The molecule has 0 bridgehead atoms. The zero-order valence-corrected chi connectivity index (χ0v) is 12.0. The van der Waals surface area contributed by atoms with Crippen LogP contribution in [0.5, 0.6) is 0 Å². The van der Waals surface area contributed by atoms with Gasteiger partial charge in [-0.2, -0.15) is 0 Å². The van der Waals surface area contributed by atoms with Crippen LogP contribution in [0.4, 0.5) is 0 Å². The lowest BCUT2D eigenvalue weighted by atomic mass is 10.0. The van der Waals surface area contributed by atoms with Gasteiger partial charge in [0, 0.05) is 31.8 Å². The molecule has 102 valence electrons. The molecule has 2 unspecified atom stereocenters. The van der Waals surface area contributed by atoms with Crippen LogP contribution in [-0.2, 0) is 4.74 Å². The van der Waals surface area contributed by atoms with Crippen LogP contribution in [0.15, 0.2) is 0 Å². The molecular formula is C14H30N2O. The van der Waals surface area contributed by atoms with E-state index in [1.165, 1.54) is 25.7 Å². The molecule has 1 fully saturated rings. The van der Waals surface area contributed by atoms with Gasteiger partial charge in [0.25, 0.3) is 0 Å². The predicted octanol–water partition coefficient (Wildman–Crippen LogP) is 2.12. The maximum Gasteiger partial charge on any atom is 0.0480 e. The fourth-order valence-electron chi connectivity index (χ4n) is 2.43. The monoisotopic (exact) mass is 242 g/mol. The summed E-state index contributed by atoms with van der Waals surface area (Å²) in [5.74, 6) is 0.765. The molecule has 3 nitrogen and oxygen atoms in total. The van der Waals surface area contributed by atoms with E-state index >= 15 is 0 Å². The van der Waals surface area contributed by atoms with Crippen molar-refractivity contribution in [2.24, 2.45) is 5.92 Å². The second kappa shape index (κ2) is 8.06. The third-order valence-electron chi connectivity index (χ3n) is 3.57. The van der Waals surface area contributed by atoms with E-state index in [0.717, 1.165) is 25.7 Å². The minimum atomic E-state index is 0.652. The average Bonchev–Trinajstić information content (AvgIpc) is 2.51. The standard InChI is InChI=1S/C14H30N2O/c1-12(2)10-14(16(3)4)11-15-13-6-5-8-17-9-7-13/h12-15H,5-11H2,1-4H3. The Bertz CT molecular complexity index is 187. The van der Waals surface area contributed by atoms with E-state index in [9.17, 15) is 0 Å². The number of ether oxygens (including phenoxy) is 1. The van der Waals surface area contributed by atoms with E-state index in [1.54, 1.807) is 0 Å². The lowest BCUT2D eigenvalue weighted by Gasteiger charge is -2.28. The van der Waals surface area contributed by atoms with Gasteiger partial charge in [0.1, 0.15) is 0 Å². The van der Waals surface area contributed by atoms with E-state index in [4.69, 9.17) is 4.74 Å². The highest BCUT2D eigenvalue weighted by atomic mass is 16.5. The molecule has 3 heteroatoms. The first-order valence-corrected chi connectivity index (χ1v) is 7.07. The minimum absolute atomic E-state index is 0.652. The van der Waals surface area contributed by atoms with Gasteiger partial charge in [0.05, 0.1) is 0 Å². The molecule has 0 amide bonds. The van der Waals surface area contributed by atoms with Crippen molar-refractivity contribution in [1.82, 2.24) is 10.2 Å². The Hall–Kier alpha value is -0.120. The van der Waals surface area contributed by atoms with Crippen molar-refractivity contribution in [1.29, 1.82) is 0 Å². The number of likely N-dealkylation sites (N-methyl/N-ethyl adjacent to an activating group) is 1. The zero-order valence-electron chi connectivity index (χ0n) is 12.0. The van der Waals surface area contributed by atoms with Crippen LogP contribution in [0.3, 0.4) is 0 Å². The lowest BCUT2D eigenvalue weighted by Crippen LogP contribution is -2.42. The first-order chi connectivity index (χ1) is 8.09. The normalized spacial score (nSPS) is 24.0. The summed E-state index contributed by atoms with van der Waals surface area (Å²) in [5, 5.41) is 3.73. The van der Waals surface area contributed by atoms with E-state index in [1.807, 2.05) is 0 Å². The summed E-state index contributed by atoms with van der Waals surface area (Å²) in [5.41, 5.74) is 0. The second-order valence-corrected chi connectivity index (χ2v) is 5.90. The lowest BCUT2D eigenvalue weighted by molar-refractivity contribution is 0.142. The van der Waals surface area contributed by atoms with Gasteiger partial charge in [-0.1, -0.05) is 13.8 Å². The Morgan fingerprint density at radius 3 is 2.65 bits per heavy atom. The van der Waals surface area contributed by atoms with E-state index in [0.29, 0.717) is 12.1 Å². The first kappa shape index (κ1) is 14.9. The Morgan fingerprint density at radius 2 is 2.00 bits per heavy atom. The van der Waals surface area contributed by atoms with Crippen molar-refractivity contribution < 1.29 is 4.74 Å². The van der Waals surface area contributed by atoms with Crippen molar-refractivity contribution in [3.63, 3.8) is 0 Å². The number of nitrogens with zero attached hydrogens (tertiary/aromatic N) is 1. The van der Waals surface area contributed by atoms with Crippen molar-refractivity contribution in [2.45, 2.75) is 51.6 Å². The molecule has 1 N–H and O–H groups in total. The number of nitrogens with one attached hydrogen (secondary N) is 1. The Morgan fingerprint density at radius 1 is 1.24 bits per heavy atom. The van der Waals surface area contributed by atoms with Crippen molar-refractivity contribution in [3.8, 4) is 0 Å². The quantitative estimate of drug-likeness (QED) is 0.772. The van der Waals surface area contributed by atoms with Gasteiger partial charge >= 0.3 is 0 Å². The summed E-state index contributed by atoms with van der Waals surface area (Å²) >= 11 is 0. The minimum Gasteiger partial charge on any atom is -0.381 e. The highest BCUT2D eigenvalue weighted by Crippen LogP contribution is 2.11. The van der Waals surface area contributed by atoms with Crippen LogP contribution in [0.2, 0.25) is 0 Å². The smallest absolute Gasteiger partial charge is 0.0480 e. The van der Waals surface area contributed by atoms with Crippen LogP contribution < -0.4 is 5.32 Å². The summed E-state index contributed by atoms with van der Waals surface area (Å²) in [6, 6.07) is 1.31.